The maximum Gasteiger partial charge on any atom is 0.143 e. The molecule has 1 heterocycles. The Kier molecular flexibility index (Phi) is 3.83. The van der Waals surface area contributed by atoms with Gasteiger partial charge in [0.05, 0.1) is 19.2 Å². The average molecular weight is 589 g/mol. The maximum atomic E-state index is 9.30. The van der Waals surface area contributed by atoms with Gasteiger partial charge in [-0.1, -0.05) is 171 Å². The van der Waals surface area contributed by atoms with Crippen LogP contribution in [0.1, 0.15) is 36.1 Å². The molecule has 8 rings (SSSR count). The molecule has 212 valence electrons. The molecule has 0 bridgehead atoms. The van der Waals surface area contributed by atoms with Crippen molar-refractivity contribution in [1.82, 2.24) is 0 Å². The molecule has 1 aromatic heterocycles. The zero-order valence-corrected chi connectivity index (χ0v) is 23.8. The van der Waals surface area contributed by atoms with Gasteiger partial charge in [0.1, 0.15) is 11.3 Å². The molecule has 0 aliphatic heterocycles. The van der Waals surface area contributed by atoms with Gasteiger partial charge in [-0.15, -0.1) is 0 Å². The van der Waals surface area contributed by atoms with Gasteiger partial charge in [-0.25, -0.2) is 0 Å². The first-order valence-corrected chi connectivity index (χ1v) is 14.1. The molecule has 1 heteroatoms. The Morgan fingerprint density at radius 1 is 0.556 bits per heavy atom. The topological polar surface area (TPSA) is 13.1 Å². The second-order valence-electron chi connectivity index (χ2n) is 10.3. The van der Waals surface area contributed by atoms with E-state index in [1.54, 1.807) is 60.7 Å². The van der Waals surface area contributed by atoms with E-state index in [1.807, 2.05) is 12.1 Å². The SMILES string of the molecule is [2H]c1c([2H])c([2H])c(-c2c([2H])c([2H])c(-c3c4ccccc4c(C(=C)c4oc5c(-c6c([2H])c([2H])c([2H])c([2H])c6[2H])cccc5c4C=C)c4ccccc34)c([2H])c2[2H])c([2H])c1[2H]. The Hall–Kier alpha value is -5.92. The van der Waals surface area contributed by atoms with Crippen LogP contribution in [-0.4, -0.2) is 0 Å². The monoisotopic (exact) mass is 588 g/mol. The second-order valence-corrected chi connectivity index (χ2v) is 10.3. The van der Waals surface area contributed by atoms with Crippen molar-refractivity contribution in [3.63, 3.8) is 0 Å². The summed E-state index contributed by atoms with van der Waals surface area (Å²) in [6.45, 7) is 8.55. The quantitative estimate of drug-likeness (QED) is 0.176. The molecule has 0 fully saturated rings. The first-order chi connectivity index (χ1) is 28.0. The highest BCUT2D eigenvalue weighted by molar-refractivity contribution is 6.20. The first kappa shape index (κ1) is 15.7. The third kappa shape index (κ3) is 4.41. The van der Waals surface area contributed by atoms with Crippen molar-refractivity contribution in [1.29, 1.82) is 0 Å². The third-order valence-electron chi connectivity index (χ3n) is 7.86. The molecule has 0 saturated heterocycles. The van der Waals surface area contributed by atoms with E-state index in [0.29, 0.717) is 55.0 Å². The van der Waals surface area contributed by atoms with Crippen LogP contribution in [0.15, 0.2) is 169 Å². The lowest BCUT2D eigenvalue weighted by Crippen LogP contribution is -1.95. The van der Waals surface area contributed by atoms with Gasteiger partial charge < -0.3 is 4.42 Å². The van der Waals surface area contributed by atoms with Crippen molar-refractivity contribution in [2.24, 2.45) is 0 Å². The van der Waals surface area contributed by atoms with Crippen LogP contribution < -0.4 is 0 Å². The standard InChI is InChI=1S/C44H30O/c1-3-34-40-24-14-23-35(32-17-8-5-9-18-32)44(40)45-43(34)29(2)41-36-19-10-12-21-38(36)42(39-22-13-11-20-37(39)41)33-27-25-31(26-28-33)30-15-6-4-7-16-30/h3-28H,1-2H2/i4D,5D,6D,7D,8D,9D,15D,16D,17D,18D,25D,26D,27D,28D. The lowest BCUT2D eigenvalue weighted by atomic mass is 9.85. The van der Waals surface area contributed by atoms with E-state index >= 15 is 0 Å². The van der Waals surface area contributed by atoms with E-state index < -0.39 is 83.6 Å². The summed E-state index contributed by atoms with van der Waals surface area (Å²) < 4.78 is 127. The number of fused-ring (bicyclic) bond motifs is 3. The predicted octanol–water partition coefficient (Wildman–Crippen LogP) is 12.4. The average Bonchev–Trinajstić information content (AvgIpc) is 3.63. The molecule has 7 aromatic carbocycles. The van der Waals surface area contributed by atoms with Gasteiger partial charge in [-0.05, 0) is 49.4 Å². The Balaban J connectivity index is 1.41. The summed E-state index contributed by atoms with van der Waals surface area (Å²) in [4.78, 5) is 0. The molecule has 0 aliphatic carbocycles. The maximum absolute atomic E-state index is 9.30. The van der Waals surface area contributed by atoms with Crippen molar-refractivity contribution in [2.45, 2.75) is 0 Å². The van der Waals surface area contributed by atoms with Crippen LogP contribution >= 0.6 is 0 Å². The highest BCUT2D eigenvalue weighted by Crippen LogP contribution is 2.45. The normalized spacial score (nSPS) is 15.6. The van der Waals surface area contributed by atoms with E-state index in [0.717, 1.165) is 0 Å². The van der Waals surface area contributed by atoms with Gasteiger partial charge in [0, 0.05) is 27.6 Å². The molecule has 0 saturated carbocycles. The van der Waals surface area contributed by atoms with Gasteiger partial charge in [0.15, 0.2) is 0 Å². The number of furan rings is 1. The van der Waals surface area contributed by atoms with Gasteiger partial charge in [-0.3, -0.25) is 0 Å². The largest absolute Gasteiger partial charge is 0.455 e. The molecule has 0 unspecified atom stereocenters. The molecule has 0 amide bonds. The molecule has 0 spiro atoms. The minimum Gasteiger partial charge on any atom is -0.455 e. The Morgan fingerprint density at radius 2 is 1.07 bits per heavy atom. The van der Waals surface area contributed by atoms with Crippen LogP contribution in [0.2, 0.25) is 0 Å². The molecular weight excluding hydrogens is 544 g/mol. The molecule has 0 atom stereocenters. The summed E-state index contributed by atoms with van der Waals surface area (Å²) in [7, 11) is 0. The zero-order valence-electron chi connectivity index (χ0n) is 37.8. The molecule has 0 aliphatic rings. The van der Waals surface area contributed by atoms with E-state index in [-0.39, 0.29) is 34.4 Å². The van der Waals surface area contributed by atoms with Crippen LogP contribution in [-0.2, 0) is 0 Å². The summed E-state index contributed by atoms with van der Waals surface area (Å²) in [5, 5.41) is 2.86. The third-order valence-corrected chi connectivity index (χ3v) is 7.86. The number of benzene rings is 7. The highest BCUT2D eigenvalue weighted by atomic mass is 16.3. The Labute approximate surface area is 282 Å². The fourth-order valence-electron chi connectivity index (χ4n) is 5.92. The van der Waals surface area contributed by atoms with Crippen LogP contribution in [0.3, 0.4) is 0 Å². The zero-order chi connectivity index (χ0) is 42.5. The summed E-state index contributed by atoms with van der Waals surface area (Å²) in [5.41, 5.74) is 1.53. The minimum absolute atomic E-state index is 0.0270. The van der Waals surface area contributed by atoms with Gasteiger partial charge in [0.25, 0.3) is 0 Å². The van der Waals surface area contributed by atoms with Crippen molar-refractivity contribution in [3.05, 3.63) is 181 Å². The number of rotatable bonds is 6. The fraction of sp³-hybridized carbons (Fsp3) is 0. The predicted molar refractivity (Wildman–Crippen MR) is 192 cm³/mol. The molecule has 45 heavy (non-hydrogen) atoms. The van der Waals surface area contributed by atoms with Crippen LogP contribution in [0.5, 0.6) is 0 Å². The summed E-state index contributed by atoms with van der Waals surface area (Å²) in [6, 6.07) is 11.9. The summed E-state index contributed by atoms with van der Waals surface area (Å²) >= 11 is 0. The number of para-hydroxylation sites is 1. The van der Waals surface area contributed by atoms with Crippen LogP contribution in [0, 0.1) is 0 Å². The number of hydrogen-bond acceptors (Lipinski definition) is 1. The van der Waals surface area contributed by atoms with E-state index in [9.17, 15) is 2.74 Å². The van der Waals surface area contributed by atoms with Crippen LogP contribution in [0.4, 0.5) is 0 Å². The first-order valence-electron chi connectivity index (χ1n) is 21.1. The van der Waals surface area contributed by atoms with Crippen molar-refractivity contribution in [3.8, 4) is 33.4 Å². The second kappa shape index (κ2) is 11.0. The minimum atomic E-state index is -0.663. The lowest BCUT2D eigenvalue weighted by Gasteiger charge is -2.18. The molecule has 0 N–H and O–H groups in total. The van der Waals surface area contributed by atoms with Crippen LogP contribution in [0.25, 0.3) is 77.5 Å². The number of hydrogen-bond donors (Lipinski definition) is 0. The molecule has 1 nitrogen and oxygen atoms in total. The lowest BCUT2D eigenvalue weighted by molar-refractivity contribution is 0.601. The Bertz CT molecular complexity index is 3060. The highest BCUT2D eigenvalue weighted by Gasteiger charge is 2.23. The smallest absolute Gasteiger partial charge is 0.143 e. The van der Waals surface area contributed by atoms with Gasteiger partial charge >= 0.3 is 0 Å². The molecular formula is C44H30O. The molecule has 0 radical (unpaired) electrons. The molecule has 8 aromatic rings. The van der Waals surface area contributed by atoms with Gasteiger partial charge in [0.2, 0.25) is 0 Å². The summed E-state index contributed by atoms with van der Waals surface area (Å²) in [5.74, 6) is 0.296. The van der Waals surface area contributed by atoms with E-state index in [4.69, 9.17) is 20.9 Å². The fourth-order valence-corrected chi connectivity index (χ4v) is 5.92. The van der Waals surface area contributed by atoms with E-state index in [1.165, 1.54) is 0 Å². The summed E-state index contributed by atoms with van der Waals surface area (Å²) in [6.07, 6.45) is 1.60. The van der Waals surface area contributed by atoms with Gasteiger partial charge in [-0.2, -0.15) is 0 Å². The van der Waals surface area contributed by atoms with Crippen molar-refractivity contribution < 1.29 is 23.6 Å². The van der Waals surface area contributed by atoms with Crippen molar-refractivity contribution >= 4 is 44.2 Å². The Morgan fingerprint density at radius 3 is 1.67 bits per heavy atom. The van der Waals surface area contributed by atoms with Crippen molar-refractivity contribution in [2.75, 3.05) is 0 Å². The van der Waals surface area contributed by atoms with E-state index in [2.05, 4.69) is 13.2 Å².